The first-order valence-corrected chi connectivity index (χ1v) is 8.78. The Kier molecular flexibility index (Phi) is 5.97. The van der Waals surface area contributed by atoms with Crippen LogP contribution in [0.25, 0.3) is 0 Å². The highest BCUT2D eigenvalue weighted by Gasteiger charge is 2.25. The van der Waals surface area contributed by atoms with E-state index in [1.54, 1.807) is 78.9 Å². The van der Waals surface area contributed by atoms with Gasteiger partial charge in [-0.05, 0) is 12.1 Å². The molecule has 0 aliphatic carbocycles. The highest BCUT2D eigenvalue weighted by Crippen LogP contribution is 2.23. The van der Waals surface area contributed by atoms with Gasteiger partial charge in [0.05, 0.1) is 5.69 Å². The maximum atomic E-state index is 12.9. The number of ether oxygens (including phenoxy) is 1. The van der Waals surface area contributed by atoms with E-state index in [-0.39, 0.29) is 5.78 Å². The van der Waals surface area contributed by atoms with Gasteiger partial charge >= 0.3 is 5.97 Å². The highest BCUT2D eigenvalue weighted by molar-refractivity contribution is 6.14. The van der Waals surface area contributed by atoms with Crippen LogP contribution in [0.4, 0.5) is 5.69 Å². The number of rotatable bonds is 6. The van der Waals surface area contributed by atoms with Gasteiger partial charge in [-0.3, -0.25) is 14.4 Å². The highest BCUT2D eigenvalue weighted by atomic mass is 16.5. The number of amides is 1. The second-order valence-electron chi connectivity index (χ2n) is 6.13. The molecule has 0 saturated heterocycles. The molecule has 0 bridgehead atoms. The van der Waals surface area contributed by atoms with E-state index >= 15 is 0 Å². The molecule has 0 unspecified atom stereocenters. The van der Waals surface area contributed by atoms with Crippen LogP contribution in [0.15, 0.2) is 84.9 Å². The van der Waals surface area contributed by atoms with Gasteiger partial charge in [0.2, 0.25) is 6.10 Å². The zero-order chi connectivity index (χ0) is 19.9. The average molecular weight is 373 g/mol. The molecule has 0 aliphatic rings. The molecule has 140 valence electrons. The molecular formula is C23H19NO4. The molecule has 0 saturated carbocycles. The summed E-state index contributed by atoms with van der Waals surface area (Å²) in [7, 11) is 0. The van der Waals surface area contributed by atoms with Crippen LogP contribution in [0.5, 0.6) is 0 Å². The minimum absolute atomic E-state index is 0.208. The summed E-state index contributed by atoms with van der Waals surface area (Å²) in [5.41, 5.74) is 1.77. The molecule has 0 aromatic heterocycles. The van der Waals surface area contributed by atoms with Crippen molar-refractivity contribution in [3.05, 3.63) is 102 Å². The second kappa shape index (κ2) is 8.77. The summed E-state index contributed by atoms with van der Waals surface area (Å²) in [6, 6.07) is 24.3. The molecule has 1 atom stereocenters. The van der Waals surface area contributed by atoms with Crippen molar-refractivity contribution in [2.24, 2.45) is 0 Å². The quantitative estimate of drug-likeness (QED) is 0.520. The van der Waals surface area contributed by atoms with Gasteiger partial charge < -0.3 is 10.1 Å². The number of esters is 1. The van der Waals surface area contributed by atoms with Crippen molar-refractivity contribution in [3.63, 3.8) is 0 Å². The molecule has 1 amide bonds. The monoisotopic (exact) mass is 373 g/mol. The smallest absolute Gasteiger partial charge is 0.303 e. The molecular weight excluding hydrogens is 354 g/mol. The minimum Gasteiger partial charge on any atom is -0.447 e. The van der Waals surface area contributed by atoms with Crippen molar-refractivity contribution in [1.29, 1.82) is 0 Å². The lowest BCUT2D eigenvalue weighted by molar-refractivity contribution is -0.152. The Morgan fingerprint density at radius 2 is 1.36 bits per heavy atom. The lowest BCUT2D eigenvalue weighted by Gasteiger charge is -2.18. The number of carbonyl (C=O) groups excluding carboxylic acids is 3. The third-order valence-electron chi connectivity index (χ3n) is 4.09. The third kappa shape index (κ3) is 4.51. The number of benzene rings is 3. The Morgan fingerprint density at radius 1 is 0.786 bits per heavy atom. The van der Waals surface area contributed by atoms with Gasteiger partial charge in [-0.2, -0.15) is 0 Å². The topological polar surface area (TPSA) is 72.5 Å². The van der Waals surface area contributed by atoms with Crippen LogP contribution in [0.3, 0.4) is 0 Å². The van der Waals surface area contributed by atoms with Crippen molar-refractivity contribution >= 4 is 23.3 Å². The van der Waals surface area contributed by atoms with Crippen molar-refractivity contribution in [1.82, 2.24) is 0 Å². The maximum Gasteiger partial charge on any atom is 0.303 e. The van der Waals surface area contributed by atoms with E-state index in [4.69, 9.17) is 4.74 Å². The maximum absolute atomic E-state index is 12.9. The van der Waals surface area contributed by atoms with Crippen LogP contribution in [0.2, 0.25) is 0 Å². The van der Waals surface area contributed by atoms with Crippen LogP contribution < -0.4 is 5.32 Å². The van der Waals surface area contributed by atoms with E-state index in [1.807, 2.05) is 6.07 Å². The van der Waals surface area contributed by atoms with Gasteiger partial charge in [0, 0.05) is 23.6 Å². The number of anilines is 1. The standard InChI is InChI=1S/C23H19NO4/c1-16(25)28-22(18-12-6-3-7-13-18)23(27)24-20-15-9-8-14-19(20)21(26)17-10-4-2-5-11-17/h2-15,22H,1H3,(H,24,27)/t22-/m0/s1. The van der Waals surface area contributed by atoms with Gasteiger partial charge in [0.1, 0.15) is 0 Å². The van der Waals surface area contributed by atoms with E-state index in [9.17, 15) is 14.4 Å². The SMILES string of the molecule is CC(=O)O[C@H](C(=O)Nc1ccccc1C(=O)c1ccccc1)c1ccccc1. The van der Waals surface area contributed by atoms with Crippen molar-refractivity contribution in [2.45, 2.75) is 13.0 Å². The fourth-order valence-corrected chi connectivity index (χ4v) is 2.80. The van der Waals surface area contributed by atoms with Gasteiger partial charge in [0.15, 0.2) is 5.78 Å². The predicted octanol–water partition coefficient (Wildman–Crippen LogP) is 4.16. The van der Waals surface area contributed by atoms with Crippen molar-refractivity contribution in [2.75, 3.05) is 5.32 Å². The minimum atomic E-state index is -1.11. The summed E-state index contributed by atoms with van der Waals surface area (Å²) < 4.78 is 5.22. The summed E-state index contributed by atoms with van der Waals surface area (Å²) in [6.07, 6.45) is -1.11. The average Bonchev–Trinajstić information content (AvgIpc) is 2.73. The van der Waals surface area contributed by atoms with Gasteiger partial charge in [-0.25, -0.2) is 0 Å². The van der Waals surface area contributed by atoms with E-state index < -0.39 is 18.0 Å². The number of nitrogens with one attached hydrogen (secondary N) is 1. The van der Waals surface area contributed by atoms with Crippen LogP contribution in [-0.4, -0.2) is 17.7 Å². The Balaban J connectivity index is 1.89. The number of hydrogen-bond donors (Lipinski definition) is 1. The number of para-hydroxylation sites is 1. The third-order valence-corrected chi connectivity index (χ3v) is 4.09. The number of ketones is 1. The van der Waals surface area contributed by atoms with Crippen LogP contribution in [0.1, 0.15) is 34.5 Å². The van der Waals surface area contributed by atoms with Gasteiger partial charge in [-0.1, -0.05) is 72.8 Å². The molecule has 0 heterocycles. The van der Waals surface area contributed by atoms with E-state index in [1.165, 1.54) is 6.92 Å². The molecule has 0 aliphatic heterocycles. The van der Waals surface area contributed by atoms with Crippen LogP contribution in [-0.2, 0) is 14.3 Å². The second-order valence-corrected chi connectivity index (χ2v) is 6.13. The van der Waals surface area contributed by atoms with Gasteiger partial charge in [-0.15, -0.1) is 0 Å². The fraction of sp³-hybridized carbons (Fsp3) is 0.0870. The van der Waals surface area contributed by atoms with E-state index in [0.29, 0.717) is 22.4 Å². The lowest BCUT2D eigenvalue weighted by atomic mass is 10.0. The number of hydrogen-bond acceptors (Lipinski definition) is 4. The Morgan fingerprint density at radius 3 is 2.00 bits per heavy atom. The summed E-state index contributed by atoms with van der Waals surface area (Å²) >= 11 is 0. The number of carbonyl (C=O) groups is 3. The Hall–Kier alpha value is -3.73. The molecule has 0 fully saturated rings. The molecule has 3 rings (SSSR count). The summed E-state index contributed by atoms with van der Waals surface area (Å²) in [5, 5.41) is 2.73. The van der Waals surface area contributed by atoms with Gasteiger partial charge in [0.25, 0.3) is 5.91 Å². The zero-order valence-electron chi connectivity index (χ0n) is 15.3. The van der Waals surface area contributed by atoms with Crippen LogP contribution >= 0.6 is 0 Å². The molecule has 0 spiro atoms. The van der Waals surface area contributed by atoms with E-state index in [0.717, 1.165) is 0 Å². The summed E-state index contributed by atoms with van der Waals surface area (Å²) in [5.74, 6) is -1.31. The first kappa shape index (κ1) is 19.0. The molecule has 3 aromatic rings. The van der Waals surface area contributed by atoms with Crippen LogP contribution in [0, 0.1) is 0 Å². The summed E-state index contributed by atoms with van der Waals surface area (Å²) in [6.45, 7) is 1.25. The Labute approximate surface area is 163 Å². The molecule has 0 radical (unpaired) electrons. The largest absolute Gasteiger partial charge is 0.447 e. The first-order chi connectivity index (χ1) is 13.6. The fourth-order valence-electron chi connectivity index (χ4n) is 2.80. The lowest BCUT2D eigenvalue weighted by Crippen LogP contribution is -2.26. The molecule has 5 heteroatoms. The predicted molar refractivity (Wildman–Crippen MR) is 106 cm³/mol. The van der Waals surface area contributed by atoms with Crippen molar-refractivity contribution < 1.29 is 19.1 Å². The van der Waals surface area contributed by atoms with Crippen molar-refractivity contribution in [3.8, 4) is 0 Å². The molecule has 5 nitrogen and oxygen atoms in total. The first-order valence-electron chi connectivity index (χ1n) is 8.78. The molecule has 1 N–H and O–H groups in total. The normalized spacial score (nSPS) is 11.3. The van der Waals surface area contributed by atoms with E-state index in [2.05, 4.69) is 5.32 Å². The Bertz CT molecular complexity index is 984. The summed E-state index contributed by atoms with van der Waals surface area (Å²) in [4.78, 5) is 37.2. The molecule has 3 aromatic carbocycles. The molecule has 28 heavy (non-hydrogen) atoms. The zero-order valence-corrected chi connectivity index (χ0v) is 15.3.